The van der Waals surface area contributed by atoms with Crippen LogP contribution in [0.25, 0.3) is 0 Å². The van der Waals surface area contributed by atoms with Crippen LogP contribution in [0.15, 0.2) is 12.2 Å². The number of ether oxygens (including phenoxy) is 1. The monoisotopic (exact) mass is 457 g/mol. The third kappa shape index (κ3) is 18.8. The minimum absolute atomic E-state index is 0.155. The van der Waals surface area contributed by atoms with Gasteiger partial charge >= 0.3 is 11.9 Å². The van der Waals surface area contributed by atoms with Crippen LogP contribution in [0.5, 0.6) is 0 Å². The molecule has 0 spiro atoms. The van der Waals surface area contributed by atoms with Crippen LogP contribution < -0.4 is 5.32 Å². The maximum atomic E-state index is 11.3. The molecule has 4 N–H and O–H groups in total. The molecule has 0 aromatic heterocycles. The predicted octanol–water partition coefficient (Wildman–Crippen LogP) is 3.49. The van der Waals surface area contributed by atoms with Crippen molar-refractivity contribution in [2.24, 2.45) is 0 Å². The molecule has 2 atom stereocenters. The summed E-state index contributed by atoms with van der Waals surface area (Å²) in [6, 6.07) is -0.641. The van der Waals surface area contributed by atoms with Gasteiger partial charge in [-0.15, -0.1) is 0 Å². The maximum absolute atomic E-state index is 11.3. The lowest BCUT2D eigenvalue weighted by Gasteiger charge is -2.06. The van der Waals surface area contributed by atoms with E-state index in [1.54, 1.807) is 0 Å². The molecule has 0 aromatic carbocycles. The van der Waals surface area contributed by atoms with Gasteiger partial charge in [0.1, 0.15) is 18.8 Å². The third-order valence-electron chi connectivity index (χ3n) is 5.15. The second kappa shape index (κ2) is 20.9. The molecule has 0 saturated carbocycles. The lowest BCUT2D eigenvalue weighted by atomic mass is 10.1. The molecule has 0 bridgehead atoms. The highest BCUT2D eigenvalue weighted by atomic mass is 16.5. The fourth-order valence-corrected chi connectivity index (χ4v) is 3.18. The Morgan fingerprint density at radius 3 is 2.06 bits per heavy atom. The fraction of sp³-hybridized carbons (Fsp3) is 0.792. The van der Waals surface area contributed by atoms with E-state index in [4.69, 9.17) is 20.1 Å². The van der Waals surface area contributed by atoms with Crippen molar-refractivity contribution in [2.45, 2.75) is 109 Å². The van der Waals surface area contributed by atoms with Crippen molar-refractivity contribution in [3.05, 3.63) is 12.2 Å². The number of esters is 1. The van der Waals surface area contributed by atoms with Crippen molar-refractivity contribution in [1.29, 1.82) is 0 Å². The zero-order chi connectivity index (χ0) is 24.0. The number of carboxylic acids is 1. The first kappa shape index (κ1) is 30.1. The number of aliphatic hydroxyl groups excluding tert-OH is 2. The Kier molecular flexibility index (Phi) is 19.7. The summed E-state index contributed by atoms with van der Waals surface area (Å²) >= 11 is 0. The molecule has 1 amide bonds. The molecule has 186 valence electrons. The van der Waals surface area contributed by atoms with Crippen molar-refractivity contribution < 1.29 is 34.4 Å². The summed E-state index contributed by atoms with van der Waals surface area (Å²) in [5.41, 5.74) is 0. The number of hydrogen-bond donors (Lipinski definition) is 4. The molecule has 0 radical (unpaired) electrons. The lowest BCUT2D eigenvalue weighted by molar-refractivity contribution is -0.141. The van der Waals surface area contributed by atoms with Gasteiger partial charge in [0.05, 0.1) is 6.61 Å². The zero-order valence-electron chi connectivity index (χ0n) is 19.6. The van der Waals surface area contributed by atoms with Crippen LogP contribution in [0.4, 0.5) is 0 Å². The topological polar surface area (TPSA) is 133 Å². The van der Waals surface area contributed by atoms with Crippen LogP contribution >= 0.6 is 0 Å². The molecule has 0 aliphatic carbocycles. The van der Waals surface area contributed by atoms with Gasteiger partial charge in [0.15, 0.2) is 0 Å². The molecule has 1 unspecified atom stereocenters. The SMILES string of the molecule is CCCCCCCCCCCCC/C=C/C(=O)OCC(O)CO.O=C1CC[C@@H](C(=O)O)N1. The number of carboxylic acid groups (broad SMARTS) is 1. The van der Waals surface area contributed by atoms with Crippen molar-refractivity contribution in [2.75, 3.05) is 13.2 Å². The Hall–Kier alpha value is -1.93. The molecular formula is C24H43NO7. The summed E-state index contributed by atoms with van der Waals surface area (Å²) in [4.78, 5) is 31.8. The van der Waals surface area contributed by atoms with Crippen LogP contribution in [0.2, 0.25) is 0 Å². The number of hydrogen-bond acceptors (Lipinski definition) is 6. The molecule has 1 rings (SSSR count). The Balaban J connectivity index is 0.000000879. The zero-order valence-corrected chi connectivity index (χ0v) is 19.6. The quantitative estimate of drug-likeness (QED) is 0.149. The van der Waals surface area contributed by atoms with Crippen molar-refractivity contribution >= 4 is 17.8 Å². The van der Waals surface area contributed by atoms with Crippen LogP contribution in [-0.2, 0) is 19.1 Å². The van der Waals surface area contributed by atoms with Crippen molar-refractivity contribution in [3.63, 3.8) is 0 Å². The smallest absolute Gasteiger partial charge is 0.330 e. The number of amides is 1. The minimum Gasteiger partial charge on any atom is -0.480 e. The lowest BCUT2D eigenvalue weighted by Crippen LogP contribution is -2.32. The number of unbranched alkanes of at least 4 members (excludes halogenated alkanes) is 11. The molecule has 1 aliphatic rings. The number of carbonyl (C=O) groups excluding carboxylic acids is 2. The highest BCUT2D eigenvalue weighted by Gasteiger charge is 2.26. The molecular weight excluding hydrogens is 414 g/mol. The van der Waals surface area contributed by atoms with E-state index in [0.29, 0.717) is 12.8 Å². The number of rotatable bonds is 17. The number of aliphatic hydroxyl groups is 2. The van der Waals surface area contributed by atoms with Gasteiger partial charge in [0.25, 0.3) is 0 Å². The van der Waals surface area contributed by atoms with Gasteiger partial charge in [-0.1, -0.05) is 77.2 Å². The molecule has 0 aromatic rings. The minimum atomic E-state index is -0.987. The summed E-state index contributed by atoms with van der Waals surface area (Å²) in [5.74, 6) is -1.57. The van der Waals surface area contributed by atoms with Crippen LogP contribution in [0.1, 0.15) is 96.8 Å². The van der Waals surface area contributed by atoms with E-state index >= 15 is 0 Å². The highest BCUT2D eigenvalue weighted by Crippen LogP contribution is 2.12. The van der Waals surface area contributed by atoms with Crippen LogP contribution in [0, 0.1) is 0 Å². The molecule has 8 nitrogen and oxygen atoms in total. The van der Waals surface area contributed by atoms with Gasteiger partial charge in [0.2, 0.25) is 5.91 Å². The van der Waals surface area contributed by atoms with E-state index in [2.05, 4.69) is 12.2 Å². The first-order valence-electron chi connectivity index (χ1n) is 12.0. The van der Waals surface area contributed by atoms with E-state index in [-0.39, 0.29) is 12.5 Å². The van der Waals surface area contributed by atoms with Gasteiger partial charge in [-0.2, -0.15) is 0 Å². The number of nitrogens with one attached hydrogen (secondary N) is 1. The maximum Gasteiger partial charge on any atom is 0.330 e. The van der Waals surface area contributed by atoms with Gasteiger partial charge in [0, 0.05) is 12.5 Å². The Morgan fingerprint density at radius 1 is 1.06 bits per heavy atom. The first-order chi connectivity index (χ1) is 15.4. The van der Waals surface area contributed by atoms with Crippen molar-refractivity contribution in [1.82, 2.24) is 5.32 Å². The van der Waals surface area contributed by atoms with E-state index in [0.717, 1.165) is 12.8 Å². The molecule has 8 heteroatoms. The average Bonchev–Trinajstić information content (AvgIpc) is 3.22. The average molecular weight is 458 g/mol. The Labute approximate surface area is 192 Å². The molecule has 1 aliphatic heterocycles. The number of carbonyl (C=O) groups is 3. The van der Waals surface area contributed by atoms with Gasteiger partial charge in [-0.25, -0.2) is 9.59 Å². The summed E-state index contributed by atoms with van der Waals surface area (Å²) in [6.45, 7) is 1.70. The standard InChI is InChI=1S/C19H36O4.C5H7NO3/c1-2-3-4-5-6-7-8-9-10-11-12-13-14-15-19(22)23-17-18(21)16-20;7-4-2-1-3(6-4)5(8)9/h14-15,18,20-21H,2-13,16-17H2,1H3;3H,1-2H2,(H,6,7)(H,8,9)/b15-14+;/t;3-/m.0/s1. The van der Waals surface area contributed by atoms with Crippen LogP contribution in [0.3, 0.4) is 0 Å². The third-order valence-corrected chi connectivity index (χ3v) is 5.15. The fourth-order valence-electron chi connectivity index (χ4n) is 3.18. The number of allylic oxidation sites excluding steroid dienone is 1. The molecule has 1 heterocycles. The van der Waals surface area contributed by atoms with E-state index < -0.39 is 30.7 Å². The Morgan fingerprint density at radius 2 is 1.62 bits per heavy atom. The van der Waals surface area contributed by atoms with Crippen LogP contribution in [-0.4, -0.2) is 58.5 Å². The van der Waals surface area contributed by atoms with Gasteiger partial charge in [-0.3, -0.25) is 4.79 Å². The molecule has 1 fully saturated rings. The van der Waals surface area contributed by atoms with E-state index in [1.807, 2.05) is 6.08 Å². The summed E-state index contributed by atoms with van der Waals surface area (Å²) in [5, 5.41) is 28.3. The second-order valence-electron chi connectivity index (χ2n) is 8.19. The molecule has 32 heavy (non-hydrogen) atoms. The van der Waals surface area contributed by atoms with Crippen molar-refractivity contribution in [3.8, 4) is 0 Å². The normalized spacial score (nSPS) is 16.3. The second-order valence-corrected chi connectivity index (χ2v) is 8.19. The van der Waals surface area contributed by atoms with E-state index in [1.165, 1.54) is 70.3 Å². The molecule has 1 saturated heterocycles. The summed E-state index contributed by atoms with van der Waals surface area (Å²) < 4.78 is 4.77. The predicted molar refractivity (Wildman–Crippen MR) is 123 cm³/mol. The largest absolute Gasteiger partial charge is 0.480 e. The first-order valence-corrected chi connectivity index (χ1v) is 12.0. The number of aliphatic carboxylic acids is 1. The summed E-state index contributed by atoms with van der Waals surface area (Å²) in [6.07, 6.45) is 18.4. The van der Waals surface area contributed by atoms with Gasteiger partial charge in [-0.05, 0) is 19.3 Å². The summed E-state index contributed by atoms with van der Waals surface area (Å²) in [7, 11) is 0. The Bertz CT molecular complexity index is 536. The van der Waals surface area contributed by atoms with E-state index in [9.17, 15) is 14.4 Å². The van der Waals surface area contributed by atoms with Gasteiger partial charge < -0.3 is 25.4 Å². The highest BCUT2D eigenvalue weighted by molar-refractivity contribution is 5.87.